The minimum atomic E-state index is -0.222. The van der Waals surface area contributed by atoms with E-state index < -0.39 is 0 Å². The lowest BCUT2D eigenvalue weighted by Gasteiger charge is -2.10. The number of anilines is 1. The van der Waals surface area contributed by atoms with Gasteiger partial charge >= 0.3 is 0 Å². The molecule has 1 saturated carbocycles. The van der Waals surface area contributed by atoms with E-state index in [9.17, 15) is 5.11 Å². The van der Waals surface area contributed by atoms with Crippen molar-refractivity contribution in [2.24, 2.45) is 5.92 Å². The molecule has 1 aromatic heterocycles. The Bertz CT molecular complexity index is 297. The molecule has 0 amide bonds. The quantitative estimate of drug-likeness (QED) is 0.867. The van der Waals surface area contributed by atoms with Crippen molar-refractivity contribution in [2.75, 3.05) is 11.9 Å². The van der Waals surface area contributed by atoms with Gasteiger partial charge in [0, 0.05) is 17.2 Å². The van der Waals surface area contributed by atoms with Crippen LogP contribution >= 0.6 is 15.9 Å². The predicted octanol–water partition coefficient (Wildman–Crippen LogP) is 2.03. The summed E-state index contributed by atoms with van der Waals surface area (Å²) in [6.07, 6.45) is 3.85. The number of rotatable bonds is 4. The molecule has 1 aromatic rings. The summed E-state index contributed by atoms with van der Waals surface area (Å²) in [4.78, 5) is 4.16. The van der Waals surface area contributed by atoms with E-state index >= 15 is 0 Å². The van der Waals surface area contributed by atoms with Crippen LogP contribution in [-0.2, 0) is 0 Å². The summed E-state index contributed by atoms with van der Waals surface area (Å²) in [5.41, 5.74) is 0. The lowest BCUT2D eigenvalue weighted by Crippen LogP contribution is -2.21. The molecule has 0 spiro atoms. The van der Waals surface area contributed by atoms with Gasteiger partial charge in [-0.1, -0.05) is 0 Å². The molecule has 0 aromatic carbocycles. The highest BCUT2D eigenvalue weighted by atomic mass is 79.9. The minimum absolute atomic E-state index is 0.222. The zero-order valence-electron chi connectivity index (χ0n) is 7.78. The van der Waals surface area contributed by atoms with Crippen LogP contribution in [0.5, 0.6) is 0 Å². The molecule has 1 heterocycles. The Morgan fingerprint density at radius 3 is 2.93 bits per heavy atom. The van der Waals surface area contributed by atoms with Gasteiger partial charge in [0.1, 0.15) is 5.82 Å². The van der Waals surface area contributed by atoms with E-state index in [0.29, 0.717) is 12.5 Å². The fourth-order valence-electron chi connectivity index (χ4n) is 1.34. The van der Waals surface area contributed by atoms with E-state index in [2.05, 4.69) is 26.2 Å². The fraction of sp³-hybridized carbons (Fsp3) is 0.500. The molecule has 0 radical (unpaired) electrons. The average molecular weight is 257 g/mol. The molecule has 0 aliphatic heterocycles. The summed E-state index contributed by atoms with van der Waals surface area (Å²) < 4.78 is 0.964. The molecule has 14 heavy (non-hydrogen) atoms. The van der Waals surface area contributed by atoms with Gasteiger partial charge in [-0.05, 0) is 46.8 Å². The van der Waals surface area contributed by atoms with Crippen molar-refractivity contribution in [3.05, 3.63) is 22.8 Å². The Hall–Kier alpha value is -0.610. The van der Waals surface area contributed by atoms with E-state index in [1.807, 2.05) is 12.1 Å². The molecular formula is C10H13BrN2O. The van der Waals surface area contributed by atoms with Crippen LogP contribution in [0.4, 0.5) is 5.82 Å². The first-order chi connectivity index (χ1) is 6.75. The fourth-order valence-corrected chi connectivity index (χ4v) is 1.57. The highest BCUT2D eigenvalue weighted by Gasteiger charge is 2.29. The summed E-state index contributed by atoms with van der Waals surface area (Å²) in [6, 6.07) is 3.82. The molecule has 0 bridgehead atoms. The molecule has 1 fully saturated rings. The van der Waals surface area contributed by atoms with Crippen LogP contribution in [0, 0.1) is 5.92 Å². The molecule has 2 rings (SSSR count). The number of nitrogens with one attached hydrogen (secondary N) is 1. The SMILES string of the molecule is OC(CNc1ccc(Br)cn1)C1CC1. The van der Waals surface area contributed by atoms with E-state index in [4.69, 9.17) is 0 Å². The van der Waals surface area contributed by atoms with Crippen LogP contribution in [0.25, 0.3) is 0 Å². The summed E-state index contributed by atoms with van der Waals surface area (Å²) in [6.45, 7) is 0.597. The van der Waals surface area contributed by atoms with Crippen molar-refractivity contribution >= 4 is 21.7 Å². The summed E-state index contributed by atoms with van der Waals surface area (Å²) >= 11 is 3.32. The van der Waals surface area contributed by atoms with E-state index in [1.54, 1.807) is 6.20 Å². The molecule has 1 aliphatic rings. The van der Waals surface area contributed by atoms with Crippen molar-refractivity contribution in [3.8, 4) is 0 Å². The Morgan fingerprint density at radius 2 is 2.36 bits per heavy atom. The Labute approximate surface area is 91.7 Å². The Kier molecular flexibility index (Phi) is 3.03. The maximum absolute atomic E-state index is 9.61. The number of hydrogen-bond acceptors (Lipinski definition) is 3. The number of aliphatic hydroxyl groups excluding tert-OH is 1. The zero-order valence-corrected chi connectivity index (χ0v) is 9.37. The molecule has 76 valence electrons. The van der Waals surface area contributed by atoms with Crippen LogP contribution in [0.1, 0.15) is 12.8 Å². The largest absolute Gasteiger partial charge is 0.391 e. The third-order valence-electron chi connectivity index (χ3n) is 2.39. The summed E-state index contributed by atoms with van der Waals surface area (Å²) in [5, 5.41) is 12.7. The van der Waals surface area contributed by atoms with Gasteiger partial charge in [-0.3, -0.25) is 0 Å². The third kappa shape index (κ3) is 2.69. The van der Waals surface area contributed by atoms with E-state index in [0.717, 1.165) is 23.1 Å². The van der Waals surface area contributed by atoms with Crippen molar-refractivity contribution in [2.45, 2.75) is 18.9 Å². The van der Waals surface area contributed by atoms with Gasteiger partial charge in [0.15, 0.2) is 0 Å². The van der Waals surface area contributed by atoms with Gasteiger partial charge in [0.05, 0.1) is 6.10 Å². The number of nitrogens with zero attached hydrogens (tertiary/aromatic N) is 1. The molecular weight excluding hydrogens is 244 g/mol. The maximum Gasteiger partial charge on any atom is 0.126 e. The predicted molar refractivity (Wildman–Crippen MR) is 59.2 cm³/mol. The van der Waals surface area contributed by atoms with Crippen molar-refractivity contribution < 1.29 is 5.11 Å². The third-order valence-corrected chi connectivity index (χ3v) is 2.85. The first-order valence-electron chi connectivity index (χ1n) is 4.79. The van der Waals surface area contributed by atoms with Crippen molar-refractivity contribution in [3.63, 3.8) is 0 Å². The monoisotopic (exact) mass is 256 g/mol. The minimum Gasteiger partial charge on any atom is -0.391 e. The lowest BCUT2D eigenvalue weighted by molar-refractivity contribution is 0.164. The molecule has 1 unspecified atom stereocenters. The van der Waals surface area contributed by atoms with Crippen LogP contribution < -0.4 is 5.32 Å². The number of hydrogen-bond donors (Lipinski definition) is 2. The molecule has 3 nitrogen and oxygen atoms in total. The van der Waals surface area contributed by atoms with Crippen LogP contribution in [0.15, 0.2) is 22.8 Å². The molecule has 1 atom stereocenters. The zero-order chi connectivity index (χ0) is 9.97. The van der Waals surface area contributed by atoms with Gasteiger partial charge in [-0.15, -0.1) is 0 Å². The topological polar surface area (TPSA) is 45.1 Å². The lowest BCUT2D eigenvalue weighted by atomic mass is 10.2. The van der Waals surface area contributed by atoms with Gasteiger partial charge in [0.2, 0.25) is 0 Å². The molecule has 1 aliphatic carbocycles. The normalized spacial score (nSPS) is 17.9. The Morgan fingerprint density at radius 1 is 1.57 bits per heavy atom. The van der Waals surface area contributed by atoms with Crippen molar-refractivity contribution in [1.82, 2.24) is 4.98 Å². The van der Waals surface area contributed by atoms with Crippen LogP contribution in [-0.4, -0.2) is 22.7 Å². The first kappa shape index (κ1) is 9.93. The average Bonchev–Trinajstić information content (AvgIpc) is 3.00. The summed E-state index contributed by atoms with van der Waals surface area (Å²) in [5.74, 6) is 1.32. The Balaban J connectivity index is 1.82. The highest BCUT2D eigenvalue weighted by molar-refractivity contribution is 9.10. The van der Waals surface area contributed by atoms with Crippen molar-refractivity contribution in [1.29, 1.82) is 0 Å². The summed E-state index contributed by atoms with van der Waals surface area (Å²) in [7, 11) is 0. The van der Waals surface area contributed by atoms with Gasteiger partial charge in [-0.2, -0.15) is 0 Å². The number of halogens is 1. The highest BCUT2D eigenvalue weighted by Crippen LogP contribution is 2.32. The van der Waals surface area contributed by atoms with Crippen LogP contribution in [0.2, 0.25) is 0 Å². The number of pyridine rings is 1. The van der Waals surface area contributed by atoms with E-state index in [1.165, 1.54) is 0 Å². The number of aliphatic hydroxyl groups is 1. The molecule has 2 N–H and O–H groups in total. The second-order valence-electron chi connectivity index (χ2n) is 3.65. The smallest absolute Gasteiger partial charge is 0.126 e. The van der Waals surface area contributed by atoms with E-state index in [-0.39, 0.29) is 6.10 Å². The molecule has 0 saturated heterocycles. The van der Waals surface area contributed by atoms with Gasteiger partial charge in [-0.25, -0.2) is 4.98 Å². The number of aromatic nitrogens is 1. The van der Waals surface area contributed by atoms with Crippen LogP contribution in [0.3, 0.4) is 0 Å². The first-order valence-corrected chi connectivity index (χ1v) is 5.58. The maximum atomic E-state index is 9.61. The standard InChI is InChI=1S/C10H13BrN2O/c11-8-3-4-10(12-5-8)13-6-9(14)7-1-2-7/h3-5,7,9,14H,1-2,6H2,(H,12,13). The second-order valence-corrected chi connectivity index (χ2v) is 4.56. The second kappa shape index (κ2) is 4.28. The van der Waals surface area contributed by atoms with Gasteiger partial charge in [0.25, 0.3) is 0 Å². The van der Waals surface area contributed by atoms with Gasteiger partial charge < -0.3 is 10.4 Å². The molecule has 4 heteroatoms.